The minimum absolute atomic E-state index is 0.0352. The Balaban J connectivity index is 2.29. The van der Waals surface area contributed by atoms with E-state index in [2.05, 4.69) is 0 Å². The van der Waals surface area contributed by atoms with E-state index in [1.54, 1.807) is 0 Å². The van der Waals surface area contributed by atoms with Crippen LogP contribution in [0.1, 0.15) is 13.8 Å². The van der Waals surface area contributed by atoms with Crippen molar-refractivity contribution < 1.29 is 14.5 Å². The molecule has 7 nitrogen and oxygen atoms in total. The van der Waals surface area contributed by atoms with Crippen molar-refractivity contribution in [3.63, 3.8) is 0 Å². The van der Waals surface area contributed by atoms with Gasteiger partial charge in [0.05, 0.1) is 10.6 Å². The normalized spacial score (nSPS) is 15.5. The summed E-state index contributed by atoms with van der Waals surface area (Å²) in [5.41, 5.74) is 0.271. The second-order valence-electron chi connectivity index (χ2n) is 4.51. The standard InChI is InChI=1S/C12H13N3O4/c1-8(2)13-7-11(16)14(12(13)17)9-3-5-10(6-4-9)15(18)19/h3-6,8H,7H2,1-2H3. The van der Waals surface area contributed by atoms with Gasteiger partial charge in [-0.3, -0.25) is 14.9 Å². The lowest BCUT2D eigenvalue weighted by Crippen LogP contribution is -2.36. The highest BCUT2D eigenvalue weighted by Crippen LogP contribution is 2.24. The van der Waals surface area contributed by atoms with Gasteiger partial charge in [-0.05, 0) is 26.0 Å². The number of hydrogen-bond donors (Lipinski definition) is 0. The van der Waals surface area contributed by atoms with E-state index in [0.29, 0.717) is 5.69 Å². The summed E-state index contributed by atoms with van der Waals surface area (Å²) in [5, 5.41) is 10.6. The van der Waals surface area contributed by atoms with E-state index in [1.165, 1.54) is 29.2 Å². The number of carbonyl (C=O) groups is 2. The van der Waals surface area contributed by atoms with Gasteiger partial charge in [0.2, 0.25) is 0 Å². The first-order chi connectivity index (χ1) is 8.91. The van der Waals surface area contributed by atoms with Gasteiger partial charge in [-0.2, -0.15) is 0 Å². The average Bonchev–Trinajstić information content (AvgIpc) is 2.65. The highest BCUT2D eigenvalue weighted by molar-refractivity contribution is 6.19. The van der Waals surface area contributed by atoms with Crippen LogP contribution < -0.4 is 4.90 Å². The lowest BCUT2D eigenvalue weighted by atomic mass is 10.2. The molecule has 100 valence electrons. The number of rotatable bonds is 3. The van der Waals surface area contributed by atoms with E-state index in [9.17, 15) is 19.7 Å². The van der Waals surface area contributed by atoms with E-state index in [0.717, 1.165) is 4.90 Å². The minimum Gasteiger partial charge on any atom is -0.312 e. The Labute approximate surface area is 109 Å². The molecule has 0 saturated carbocycles. The van der Waals surface area contributed by atoms with Crippen molar-refractivity contribution in [2.75, 3.05) is 11.4 Å². The number of benzene rings is 1. The Bertz CT molecular complexity index is 538. The summed E-state index contributed by atoms with van der Waals surface area (Å²) in [4.78, 5) is 36.4. The molecular formula is C12H13N3O4. The molecule has 19 heavy (non-hydrogen) atoms. The Morgan fingerprint density at radius 3 is 2.21 bits per heavy atom. The predicted octanol–water partition coefficient (Wildman–Crippen LogP) is 1.77. The van der Waals surface area contributed by atoms with Crippen LogP contribution in [0.5, 0.6) is 0 Å². The van der Waals surface area contributed by atoms with Crippen LogP contribution in [-0.2, 0) is 4.79 Å². The third-order valence-corrected chi connectivity index (χ3v) is 2.93. The van der Waals surface area contributed by atoms with Gasteiger partial charge in [-0.15, -0.1) is 0 Å². The second-order valence-corrected chi connectivity index (χ2v) is 4.51. The fraction of sp³-hybridized carbons (Fsp3) is 0.333. The summed E-state index contributed by atoms with van der Waals surface area (Å²) >= 11 is 0. The Kier molecular flexibility index (Phi) is 3.20. The maximum absolute atomic E-state index is 12.1. The summed E-state index contributed by atoms with van der Waals surface area (Å²) in [5.74, 6) is -0.326. The maximum atomic E-state index is 12.1. The topological polar surface area (TPSA) is 83.8 Å². The average molecular weight is 263 g/mol. The monoisotopic (exact) mass is 263 g/mol. The lowest BCUT2D eigenvalue weighted by molar-refractivity contribution is -0.384. The molecule has 1 aliphatic rings. The molecule has 0 aromatic heterocycles. The number of imide groups is 1. The number of nitrogens with zero attached hydrogens (tertiary/aromatic N) is 3. The maximum Gasteiger partial charge on any atom is 0.332 e. The van der Waals surface area contributed by atoms with Crippen molar-refractivity contribution >= 4 is 23.3 Å². The third kappa shape index (κ3) is 2.26. The van der Waals surface area contributed by atoms with Crippen LogP contribution >= 0.6 is 0 Å². The molecule has 1 aliphatic heterocycles. The van der Waals surface area contributed by atoms with Gasteiger partial charge < -0.3 is 4.90 Å². The number of nitro benzene ring substituents is 1. The predicted molar refractivity (Wildman–Crippen MR) is 67.8 cm³/mol. The summed E-state index contributed by atoms with van der Waals surface area (Å²) in [6, 6.07) is 4.88. The zero-order valence-electron chi connectivity index (χ0n) is 10.6. The molecule has 0 aliphatic carbocycles. The molecule has 2 rings (SSSR count). The highest BCUT2D eigenvalue weighted by atomic mass is 16.6. The quantitative estimate of drug-likeness (QED) is 0.472. The molecule has 0 radical (unpaired) electrons. The van der Waals surface area contributed by atoms with E-state index in [-0.39, 0.29) is 24.2 Å². The van der Waals surface area contributed by atoms with Crippen LogP contribution in [0.15, 0.2) is 24.3 Å². The number of carbonyl (C=O) groups excluding carboxylic acids is 2. The zero-order chi connectivity index (χ0) is 14.2. The number of hydrogen-bond acceptors (Lipinski definition) is 4. The molecule has 0 spiro atoms. The molecule has 3 amide bonds. The number of nitro groups is 1. The van der Waals surface area contributed by atoms with Crippen molar-refractivity contribution in [3.05, 3.63) is 34.4 Å². The van der Waals surface area contributed by atoms with E-state index < -0.39 is 11.0 Å². The summed E-state index contributed by atoms with van der Waals surface area (Å²) in [7, 11) is 0. The first-order valence-electron chi connectivity index (χ1n) is 5.80. The van der Waals surface area contributed by atoms with E-state index in [1.807, 2.05) is 13.8 Å². The molecule has 0 N–H and O–H groups in total. The van der Waals surface area contributed by atoms with Crippen molar-refractivity contribution in [2.24, 2.45) is 0 Å². The van der Waals surface area contributed by atoms with Gasteiger partial charge in [0.25, 0.3) is 11.6 Å². The lowest BCUT2D eigenvalue weighted by Gasteiger charge is -2.20. The second kappa shape index (κ2) is 4.68. The fourth-order valence-corrected chi connectivity index (χ4v) is 1.90. The zero-order valence-corrected chi connectivity index (χ0v) is 10.6. The molecule has 1 aromatic rings. The van der Waals surface area contributed by atoms with Gasteiger partial charge in [0.1, 0.15) is 6.54 Å². The molecule has 1 heterocycles. The van der Waals surface area contributed by atoms with Crippen molar-refractivity contribution in [1.82, 2.24) is 4.90 Å². The summed E-state index contributed by atoms with van der Waals surface area (Å²) in [6.07, 6.45) is 0. The highest BCUT2D eigenvalue weighted by Gasteiger charge is 2.38. The number of non-ortho nitro benzene ring substituents is 1. The Morgan fingerprint density at radius 1 is 1.21 bits per heavy atom. The molecule has 0 bridgehead atoms. The van der Waals surface area contributed by atoms with Gasteiger partial charge in [0.15, 0.2) is 0 Å². The van der Waals surface area contributed by atoms with Gasteiger partial charge >= 0.3 is 6.03 Å². The third-order valence-electron chi connectivity index (χ3n) is 2.93. The molecule has 1 saturated heterocycles. The Morgan fingerprint density at radius 2 is 1.79 bits per heavy atom. The van der Waals surface area contributed by atoms with E-state index >= 15 is 0 Å². The van der Waals surface area contributed by atoms with Gasteiger partial charge in [-0.25, -0.2) is 9.69 Å². The molecule has 0 atom stereocenters. The molecule has 7 heteroatoms. The first-order valence-corrected chi connectivity index (χ1v) is 5.80. The smallest absolute Gasteiger partial charge is 0.312 e. The molecule has 1 aromatic carbocycles. The van der Waals surface area contributed by atoms with Gasteiger partial charge in [-0.1, -0.05) is 0 Å². The largest absolute Gasteiger partial charge is 0.332 e. The number of anilines is 1. The minimum atomic E-state index is -0.530. The van der Waals surface area contributed by atoms with Crippen molar-refractivity contribution in [3.8, 4) is 0 Å². The van der Waals surface area contributed by atoms with Crippen LogP contribution in [0, 0.1) is 10.1 Å². The fourth-order valence-electron chi connectivity index (χ4n) is 1.90. The molecule has 1 fully saturated rings. The Hall–Kier alpha value is -2.44. The van der Waals surface area contributed by atoms with Crippen molar-refractivity contribution in [1.29, 1.82) is 0 Å². The van der Waals surface area contributed by atoms with Gasteiger partial charge in [0, 0.05) is 18.2 Å². The first kappa shape index (κ1) is 13.0. The SMILES string of the molecule is CC(C)N1CC(=O)N(c2ccc([N+](=O)[O-])cc2)C1=O. The van der Waals surface area contributed by atoms with E-state index in [4.69, 9.17) is 0 Å². The van der Waals surface area contributed by atoms with Crippen LogP contribution in [0.2, 0.25) is 0 Å². The van der Waals surface area contributed by atoms with Crippen LogP contribution in [0.4, 0.5) is 16.2 Å². The van der Waals surface area contributed by atoms with Crippen LogP contribution in [-0.4, -0.2) is 34.3 Å². The summed E-state index contributed by atoms with van der Waals surface area (Å²) < 4.78 is 0. The molecular weight excluding hydrogens is 250 g/mol. The number of amides is 3. The van der Waals surface area contributed by atoms with Crippen LogP contribution in [0.25, 0.3) is 0 Å². The summed E-state index contributed by atoms with van der Waals surface area (Å²) in [6.45, 7) is 3.68. The van der Waals surface area contributed by atoms with Crippen LogP contribution in [0.3, 0.4) is 0 Å². The molecule has 0 unspecified atom stereocenters. The number of urea groups is 1. The van der Waals surface area contributed by atoms with Crippen molar-refractivity contribution in [2.45, 2.75) is 19.9 Å².